The zero-order valence-corrected chi connectivity index (χ0v) is 9.40. The molecule has 0 unspecified atom stereocenters. The Morgan fingerprint density at radius 1 is 1.42 bits per heavy atom. The number of allylic oxidation sites excluding steroid dienone is 1. The van der Waals surface area contributed by atoms with Crippen LogP contribution in [0.2, 0.25) is 0 Å². The molecule has 12 heavy (non-hydrogen) atoms. The fraction of sp³-hybridized carbons (Fsp3) is 0.111. The van der Waals surface area contributed by atoms with Crippen molar-refractivity contribution in [3.63, 3.8) is 0 Å². The summed E-state index contributed by atoms with van der Waals surface area (Å²) in [4.78, 5) is 0. The van der Waals surface area contributed by atoms with Gasteiger partial charge < -0.3 is 0 Å². The first kappa shape index (κ1) is 9.93. The van der Waals surface area contributed by atoms with Crippen molar-refractivity contribution < 1.29 is 4.39 Å². The molecule has 0 amide bonds. The molecule has 0 nitrogen and oxygen atoms in total. The van der Waals surface area contributed by atoms with Gasteiger partial charge in [-0.15, -0.1) is 0 Å². The standard InChI is InChI=1S/C9H7Br2F/c10-5-1-2-7-3-4-8(11)9(12)6-7/h1-4,6H,5H2/b2-1+. The van der Waals surface area contributed by atoms with Crippen molar-refractivity contribution in [2.24, 2.45) is 0 Å². The second-order valence-electron chi connectivity index (χ2n) is 2.23. The van der Waals surface area contributed by atoms with Crippen LogP contribution < -0.4 is 0 Å². The van der Waals surface area contributed by atoms with Crippen LogP contribution in [0.4, 0.5) is 4.39 Å². The third kappa shape index (κ3) is 2.72. The number of hydrogen-bond donors (Lipinski definition) is 0. The molecule has 0 fully saturated rings. The van der Waals surface area contributed by atoms with Gasteiger partial charge in [-0.25, -0.2) is 4.39 Å². The number of halogens is 3. The average molecular weight is 294 g/mol. The summed E-state index contributed by atoms with van der Waals surface area (Å²) < 4.78 is 13.4. The van der Waals surface area contributed by atoms with Crippen LogP contribution in [0.25, 0.3) is 6.08 Å². The van der Waals surface area contributed by atoms with Crippen molar-refractivity contribution in [1.82, 2.24) is 0 Å². The van der Waals surface area contributed by atoms with E-state index in [0.717, 1.165) is 10.9 Å². The minimum atomic E-state index is -0.230. The lowest BCUT2D eigenvalue weighted by Gasteiger charge is -1.95. The van der Waals surface area contributed by atoms with Crippen molar-refractivity contribution in [1.29, 1.82) is 0 Å². The molecule has 3 heteroatoms. The van der Waals surface area contributed by atoms with Gasteiger partial charge in [0, 0.05) is 5.33 Å². The van der Waals surface area contributed by atoms with Gasteiger partial charge in [0.15, 0.2) is 0 Å². The topological polar surface area (TPSA) is 0 Å². The first-order chi connectivity index (χ1) is 5.74. The molecule has 1 rings (SSSR count). The minimum absolute atomic E-state index is 0.230. The van der Waals surface area contributed by atoms with Crippen LogP contribution in [0.5, 0.6) is 0 Å². The highest BCUT2D eigenvalue weighted by Crippen LogP contribution is 2.16. The Kier molecular flexibility index (Phi) is 3.95. The molecule has 0 atom stereocenters. The monoisotopic (exact) mass is 292 g/mol. The van der Waals surface area contributed by atoms with E-state index in [1.54, 1.807) is 6.07 Å². The van der Waals surface area contributed by atoms with E-state index >= 15 is 0 Å². The van der Waals surface area contributed by atoms with Gasteiger partial charge in [0.25, 0.3) is 0 Å². The van der Waals surface area contributed by atoms with E-state index in [0.29, 0.717) is 4.47 Å². The molecule has 0 aromatic heterocycles. The second-order valence-corrected chi connectivity index (χ2v) is 3.73. The highest BCUT2D eigenvalue weighted by Gasteiger charge is 1.96. The van der Waals surface area contributed by atoms with E-state index < -0.39 is 0 Å². The van der Waals surface area contributed by atoms with Gasteiger partial charge in [-0.1, -0.05) is 34.1 Å². The fourth-order valence-corrected chi connectivity index (χ4v) is 1.23. The molecule has 0 saturated carbocycles. The lowest BCUT2D eigenvalue weighted by molar-refractivity contribution is 0.621. The van der Waals surface area contributed by atoms with E-state index in [1.807, 2.05) is 18.2 Å². The van der Waals surface area contributed by atoms with Crippen LogP contribution >= 0.6 is 31.9 Å². The summed E-state index contributed by atoms with van der Waals surface area (Å²) in [5.41, 5.74) is 0.871. The predicted molar refractivity (Wildman–Crippen MR) is 56.9 cm³/mol. The van der Waals surface area contributed by atoms with Crippen LogP contribution in [0, 0.1) is 5.82 Å². The van der Waals surface area contributed by atoms with E-state index in [2.05, 4.69) is 31.9 Å². The smallest absolute Gasteiger partial charge is 0.137 e. The normalized spacial score (nSPS) is 10.9. The van der Waals surface area contributed by atoms with Gasteiger partial charge in [0.2, 0.25) is 0 Å². The van der Waals surface area contributed by atoms with Gasteiger partial charge >= 0.3 is 0 Å². The van der Waals surface area contributed by atoms with E-state index in [-0.39, 0.29) is 5.82 Å². The molecule has 64 valence electrons. The Bertz CT molecular complexity index is 295. The van der Waals surface area contributed by atoms with Gasteiger partial charge in [-0.2, -0.15) is 0 Å². The molecule has 0 aliphatic rings. The third-order valence-electron chi connectivity index (χ3n) is 1.34. The Hall–Kier alpha value is -0.150. The molecule has 0 heterocycles. The largest absolute Gasteiger partial charge is 0.206 e. The van der Waals surface area contributed by atoms with Gasteiger partial charge in [-0.3, -0.25) is 0 Å². The molecule has 1 aromatic carbocycles. The molecule has 0 aliphatic heterocycles. The van der Waals surface area contributed by atoms with Crippen LogP contribution in [0.3, 0.4) is 0 Å². The van der Waals surface area contributed by atoms with Crippen molar-refractivity contribution >= 4 is 37.9 Å². The number of alkyl halides is 1. The number of hydrogen-bond acceptors (Lipinski definition) is 0. The first-order valence-corrected chi connectivity index (χ1v) is 5.33. The molecule has 0 radical (unpaired) electrons. The summed E-state index contributed by atoms with van der Waals surface area (Å²) >= 11 is 6.34. The summed E-state index contributed by atoms with van der Waals surface area (Å²) in [6.07, 6.45) is 3.78. The Morgan fingerprint density at radius 2 is 2.17 bits per heavy atom. The fourth-order valence-electron chi connectivity index (χ4n) is 0.797. The molecule has 0 aliphatic carbocycles. The zero-order chi connectivity index (χ0) is 8.97. The zero-order valence-electron chi connectivity index (χ0n) is 6.23. The predicted octanol–water partition coefficient (Wildman–Crippen LogP) is 4.00. The molecular formula is C9H7Br2F. The van der Waals surface area contributed by atoms with Crippen LogP contribution in [-0.2, 0) is 0 Å². The van der Waals surface area contributed by atoms with Crippen molar-refractivity contribution in [3.05, 3.63) is 40.1 Å². The molecule has 0 N–H and O–H groups in total. The van der Waals surface area contributed by atoms with Crippen LogP contribution in [0.15, 0.2) is 28.7 Å². The van der Waals surface area contributed by atoms with Crippen molar-refractivity contribution in [2.45, 2.75) is 0 Å². The maximum Gasteiger partial charge on any atom is 0.137 e. The molecule has 1 aromatic rings. The second kappa shape index (κ2) is 4.77. The molecule has 0 bridgehead atoms. The van der Waals surface area contributed by atoms with E-state index in [4.69, 9.17) is 0 Å². The number of benzene rings is 1. The van der Waals surface area contributed by atoms with Gasteiger partial charge in [0.1, 0.15) is 5.82 Å². The van der Waals surface area contributed by atoms with Crippen LogP contribution in [0.1, 0.15) is 5.56 Å². The molecule has 0 saturated heterocycles. The maximum atomic E-state index is 12.9. The lowest BCUT2D eigenvalue weighted by Crippen LogP contribution is -1.78. The highest BCUT2D eigenvalue weighted by molar-refractivity contribution is 9.10. The van der Waals surface area contributed by atoms with Crippen molar-refractivity contribution in [2.75, 3.05) is 5.33 Å². The third-order valence-corrected chi connectivity index (χ3v) is 2.36. The highest BCUT2D eigenvalue weighted by atomic mass is 79.9. The van der Waals surface area contributed by atoms with Crippen LogP contribution in [-0.4, -0.2) is 5.33 Å². The van der Waals surface area contributed by atoms with Crippen molar-refractivity contribution in [3.8, 4) is 0 Å². The summed E-state index contributed by atoms with van der Waals surface area (Å²) in [5.74, 6) is -0.230. The van der Waals surface area contributed by atoms with E-state index in [9.17, 15) is 4.39 Å². The maximum absolute atomic E-state index is 12.9. The van der Waals surface area contributed by atoms with Gasteiger partial charge in [-0.05, 0) is 33.6 Å². The summed E-state index contributed by atoms with van der Waals surface area (Å²) in [5, 5.41) is 0.782. The van der Waals surface area contributed by atoms with Gasteiger partial charge in [0.05, 0.1) is 4.47 Å². The SMILES string of the molecule is Fc1cc(/C=C/CBr)ccc1Br. The Balaban J connectivity index is 2.89. The minimum Gasteiger partial charge on any atom is -0.206 e. The first-order valence-electron chi connectivity index (χ1n) is 3.41. The summed E-state index contributed by atoms with van der Waals surface area (Å²) in [7, 11) is 0. The number of rotatable bonds is 2. The Labute approximate surface area is 87.7 Å². The summed E-state index contributed by atoms with van der Waals surface area (Å²) in [6, 6.07) is 5.04. The Morgan fingerprint density at radius 3 is 2.75 bits per heavy atom. The average Bonchev–Trinajstić information content (AvgIpc) is 2.07. The molecule has 0 spiro atoms. The quantitative estimate of drug-likeness (QED) is 0.723. The van der Waals surface area contributed by atoms with E-state index in [1.165, 1.54) is 6.07 Å². The lowest BCUT2D eigenvalue weighted by atomic mass is 10.2. The molecular weight excluding hydrogens is 287 g/mol. The summed E-state index contributed by atoms with van der Waals surface area (Å²) in [6.45, 7) is 0.